The second kappa shape index (κ2) is 17.9. The van der Waals surface area contributed by atoms with E-state index in [-0.39, 0.29) is 19.1 Å². The van der Waals surface area contributed by atoms with Gasteiger partial charge in [0.05, 0.1) is 24.8 Å². The Morgan fingerprint density at radius 1 is 0.855 bits per heavy atom. The predicted molar refractivity (Wildman–Crippen MR) is 208 cm³/mol. The van der Waals surface area contributed by atoms with E-state index in [1.165, 1.54) is 19.1 Å². The molecule has 1 amide bonds. The molecule has 11 heteroatoms. The van der Waals surface area contributed by atoms with Crippen molar-refractivity contribution in [2.75, 3.05) is 17.7 Å². The SMILES string of the molecule is CC(=O)OC(CC[C@H]1C(=O)N(c2ccc(C#CCNS(C)(=O)=O)cc2)[C@@H]1c1ccc(OCc2ccccc2)cc1OCc1ccccc1)c1ccc(F)cc1. The Morgan fingerprint density at radius 2 is 1.49 bits per heavy atom. The summed E-state index contributed by atoms with van der Waals surface area (Å²) < 4.78 is 57.3. The number of carbonyl (C=O) groups is 2. The van der Waals surface area contributed by atoms with E-state index in [1.807, 2.05) is 78.9 Å². The molecule has 55 heavy (non-hydrogen) atoms. The number of sulfonamides is 1. The largest absolute Gasteiger partial charge is 0.489 e. The number of β-lactam (4-membered cyclic amide) rings is 1. The van der Waals surface area contributed by atoms with E-state index in [0.717, 1.165) is 22.9 Å². The number of benzene rings is 5. The lowest BCUT2D eigenvalue weighted by molar-refractivity contribution is -0.147. The van der Waals surface area contributed by atoms with E-state index in [2.05, 4.69) is 16.6 Å². The zero-order valence-corrected chi connectivity index (χ0v) is 31.3. The number of carbonyl (C=O) groups excluding carboxylic acids is 2. The standard InChI is InChI=1S/C44H41FN2O7S/c1-31(48)54-41(35-17-19-36(45)20-18-35)26-25-40-43(47(44(40)49)37-21-15-32(16-22-37)14-9-27-46-55(2,50)51)39-24-23-38(52-29-33-10-5-3-6-11-33)28-42(39)53-30-34-12-7-4-8-13-34/h3-8,10-13,15-24,28,40-41,43,46H,25-27,29-30H2,1-2H3/t40-,41?,43-/m1/s1. The number of nitrogens with zero attached hydrogens (tertiary/aromatic N) is 1. The summed E-state index contributed by atoms with van der Waals surface area (Å²) in [7, 11) is -3.37. The molecule has 1 N–H and O–H groups in total. The monoisotopic (exact) mass is 760 g/mol. The Kier molecular flexibility index (Phi) is 12.6. The molecule has 0 saturated carbocycles. The Balaban J connectivity index is 1.33. The van der Waals surface area contributed by atoms with E-state index >= 15 is 0 Å². The van der Waals surface area contributed by atoms with Crippen LogP contribution >= 0.6 is 0 Å². The molecule has 0 aromatic heterocycles. The summed E-state index contributed by atoms with van der Waals surface area (Å²) >= 11 is 0. The van der Waals surface area contributed by atoms with Crippen molar-refractivity contribution in [3.05, 3.63) is 161 Å². The smallest absolute Gasteiger partial charge is 0.303 e. The maximum Gasteiger partial charge on any atom is 0.303 e. The topological polar surface area (TPSA) is 111 Å². The van der Waals surface area contributed by atoms with E-state index in [1.54, 1.807) is 41.3 Å². The van der Waals surface area contributed by atoms with Crippen molar-refractivity contribution in [1.29, 1.82) is 0 Å². The number of ether oxygens (including phenoxy) is 3. The Bertz CT molecular complexity index is 2260. The fourth-order valence-electron chi connectivity index (χ4n) is 6.44. The molecule has 1 unspecified atom stereocenters. The van der Waals surface area contributed by atoms with Crippen molar-refractivity contribution < 1.29 is 36.6 Å². The number of hydrogen-bond acceptors (Lipinski definition) is 7. The maximum atomic E-state index is 14.2. The molecule has 1 fully saturated rings. The minimum Gasteiger partial charge on any atom is -0.489 e. The van der Waals surface area contributed by atoms with Crippen LogP contribution in [0.3, 0.4) is 0 Å². The second-order valence-corrected chi connectivity index (χ2v) is 15.0. The van der Waals surface area contributed by atoms with Gasteiger partial charge in [-0.1, -0.05) is 84.6 Å². The van der Waals surface area contributed by atoms with Crippen molar-refractivity contribution in [3.63, 3.8) is 0 Å². The lowest BCUT2D eigenvalue weighted by Gasteiger charge is -2.48. The molecule has 0 bridgehead atoms. The molecule has 5 aromatic carbocycles. The first kappa shape index (κ1) is 38.8. The number of hydrogen-bond donors (Lipinski definition) is 1. The second-order valence-electron chi connectivity index (χ2n) is 13.2. The molecule has 1 aliphatic heterocycles. The molecule has 1 saturated heterocycles. The molecule has 1 heterocycles. The third-order valence-electron chi connectivity index (χ3n) is 9.09. The Labute approximate surface area is 321 Å². The van der Waals surface area contributed by atoms with Crippen LogP contribution < -0.4 is 19.1 Å². The van der Waals surface area contributed by atoms with Gasteiger partial charge in [0.15, 0.2) is 0 Å². The Morgan fingerprint density at radius 3 is 2.11 bits per heavy atom. The molecule has 1 aliphatic rings. The first-order valence-electron chi connectivity index (χ1n) is 17.8. The summed E-state index contributed by atoms with van der Waals surface area (Å²) in [5, 5.41) is 0. The Hall–Kier alpha value is -5.96. The molecule has 0 aliphatic carbocycles. The van der Waals surface area contributed by atoms with Crippen LogP contribution in [0, 0.1) is 23.6 Å². The summed E-state index contributed by atoms with van der Waals surface area (Å²) in [5.74, 6) is 5.36. The average molecular weight is 761 g/mol. The average Bonchev–Trinajstić information content (AvgIpc) is 3.18. The van der Waals surface area contributed by atoms with Gasteiger partial charge in [-0.05, 0) is 78.1 Å². The third kappa shape index (κ3) is 10.6. The highest BCUT2D eigenvalue weighted by Crippen LogP contribution is 2.49. The summed E-state index contributed by atoms with van der Waals surface area (Å²) in [5.41, 5.74) is 4.67. The molecule has 5 aromatic rings. The van der Waals surface area contributed by atoms with Gasteiger partial charge < -0.3 is 19.1 Å². The van der Waals surface area contributed by atoms with Crippen molar-refractivity contribution in [2.24, 2.45) is 5.92 Å². The fourth-order valence-corrected chi connectivity index (χ4v) is 6.78. The molecule has 0 radical (unpaired) electrons. The number of amides is 1. The summed E-state index contributed by atoms with van der Waals surface area (Å²) in [6.07, 6.45) is 1.06. The van der Waals surface area contributed by atoms with Crippen molar-refractivity contribution in [2.45, 2.75) is 45.1 Å². The summed E-state index contributed by atoms with van der Waals surface area (Å²) in [6.45, 7) is 1.93. The van der Waals surface area contributed by atoms with Gasteiger partial charge in [0.2, 0.25) is 15.9 Å². The lowest BCUT2D eigenvalue weighted by Crippen LogP contribution is -2.55. The van der Waals surface area contributed by atoms with Gasteiger partial charge in [-0.3, -0.25) is 9.59 Å². The lowest BCUT2D eigenvalue weighted by atomic mass is 9.77. The van der Waals surface area contributed by atoms with Gasteiger partial charge >= 0.3 is 5.97 Å². The van der Waals surface area contributed by atoms with Gasteiger partial charge in [0.1, 0.15) is 36.6 Å². The number of esters is 1. The summed E-state index contributed by atoms with van der Waals surface area (Å²) in [4.78, 5) is 28.0. The molecule has 6 rings (SSSR count). The zero-order valence-electron chi connectivity index (χ0n) is 30.5. The van der Waals surface area contributed by atoms with Crippen LogP contribution in [0.4, 0.5) is 10.1 Å². The number of halogens is 1. The predicted octanol–water partition coefficient (Wildman–Crippen LogP) is 7.67. The quantitative estimate of drug-likeness (QED) is 0.0663. The minimum atomic E-state index is -3.37. The highest BCUT2D eigenvalue weighted by molar-refractivity contribution is 7.88. The van der Waals surface area contributed by atoms with Gasteiger partial charge in [-0.25, -0.2) is 17.5 Å². The number of nitrogens with one attached hydrogen (secondary N) is 1. The van der Waals surface area contributed by atoms with Crippen LogP contribution in [-0.2, 0) is 37.6 Å². The van der Waals surface area contributed by atoms with Crippen LogP contribution in [0.1, 0.15) is 59.7 Å². The van der Waals surface area contributed by atoms with Crippen molar-refractivity contribution in [1.82, 2.24) is 4.72 Å². The molecular weight excluding hydrogens is 720 g/mol. The molecule has 9 nitrogen and oxygen atoms in total. The van der Waals surface area contributed by atoms with E-state index < -0.39 is 39.9 Å². The number of anilines is 1. The highest BCUT2D eigenvalue weighted by Gasteiger charge is 2.49. The molecular formula is C44H41FN2O7S. The molecule has 282 valence electrons. The van der Waals surface area contributed by atoms with E-state index in [9.17, 15) is 22.4 Å². The van der Waals surface area contributed by atoms with Crippen LogP contribution in [0.5, 0.6) is 11.5 Å². The zero-order chi connectivity index (χ0) is 38.8. The van der Waals surface area contributed by atoms with Crippen LogP contribution in [0.25, 0.3) is 0 Å². The van der Waals surface area contributed by atoms with Crippen molar-refractivity contribution in [3.8, 4) is 23.3 Å². The first-order valence-corrected chi connectivity index (χ1v) is 19.7. The maximum absolute atomic E-state index is 14.2. The van der Waals surface area contributed by atoms with Crippen LogP contribution in [0.2, 0.25) is 0 Å². The van der Waals surface area contributed by atoms with Gasteiger partial charge in [-0.2, -0.15) is 0 Å². The molecule has 0 spiro atoms. The van der Waals surface area contributed by atoms with Crippen LogP contribution in [0.15, 0.2) is 127 Å². The number of rotatable bonds is 15. The van der Waals surface area contributed by atoms with E-state index in [0.29, 0.717) is 47.8 Å². The van der Waals surface area contributed by atoms with Gasteiger partial charge in [0.25, 0.3) is 0 Å². The van der Waals surface area contributed by atoms with Crippen molar-refractivity contribution >= 4 is 27.6 Å². The first-order chi connectivity index (χ1) is 26.5. The molecule has 3 atom stereocenters. The van der Waals surface area contributed by atoms with Gasteiger partial charge in [0, 0.05) is 29.8 Å². The summed E-state index contributed by atoms with van der Waals surface area (Å²) in [6, 6.07) is 37.8. The van der Waals surface area contributed by atoms with Crippen LogP contribution in [-0.4, -0.2) is 33.1 Å². The normalized spacial score (nSPS) is 15.6. The highest BCUT2D eigenvalue weighted by atomic mass is 32.2. The van der Waals surface area contributed by atoms with E-state index in [4.69, 9.17) is 14.2 Å². The van der Waals surface area contributed by atoms with Gasteiger partial charge in [-0.15, -0.1) is 0 Å². The minimum absolute atomic E-state index is 0.0297. The third-order valence-corrected chi connectivity index (χ3v) is 9.76. The fraction of sp³-hybridized carbons (Fsp3) is 0.227.